The third-order valence-electron chi connectivity index (χ3n) is 0.827. The second-order valence-electron chi connectivity index (χ2n) is 1.71. The van der Waals surface area contributed by atoms with Crippen molar-refractivity contribution in [2.24, 2.45) is 0 Å². The molecule has 0 unspecified atom stereocenters. The van der Waals surface area contributed by atoms with E-state index < -0.39 is 12.6 Å². The van der Waals surface area contributed by atoms with Crippen LogP contribution in [0.15, 0.2) is 24.5 Å². The Morgan fingerprint density at radius 3 is 2.80 bits per heavy atom. The standard InChI is InChI=1S/C7H10O3/c1-3-6(2)5-10-7(9)4-8/h3,5,8H,1,4H2,2H3. The van der Waals surface area contributed by atoms with Gasteiger partial charge in [0.2, 0.25) is 0 Å². The molecular formula is C7H10O3. The Kier molecular flexibility index (Phi) is 4.24. The van der Waals surface area contributed by atoms with E-state index in [0.717, 1.165) is 5.57 Å². The summed E-state index contributed by atoms with van der Waals surface area (Å²) in [7, 11) is 0. The van der Waals surface area contributed by atoms with E-state index in [1.165, 1.54) is 6.26 Å². The molecule has 0 saturated carbocycles. The van der Waals surface area contributed by atoms with Gasteiger partial charge in [0.05, 0.1) is 6.26 Å². The van der Waals surface area contributed by atoms with Gasteiger partial charge < -0.3 is 9.84 Å². The van der Waals surface area contributed by atoms with Gasteiger partial charge in [0.15, 0.2) is 0 Å². The lowest BCUT2D eigenvalue weighted by Crippen LogP contribution is -2.04. The second-order valence-corrected chi connectivity index (χ2v) is 1.71. The molecule has 0 aliphatic heterocycles. The number of aliphatic hydroxyl groups is 1. The zero-order valence-electron chi connectivity index (χ0n) is 5.83. The molecule has 1 N–H and O–H groups in total. The number of hydrogen-bond acceptors (Lipinski definition) is 3. The predicted molar refractivity (Wildman–Crippen MR) is 37.1 cm³/mol. The molecule has 0 bridgehead atoms. The Labute approximate surface area is 59.6 Å². The molecule has 0 saturated heterocycles. The number of allylic oxidation sites excluding steroid dienone is 2. The van der Waals surface area contributed by atoms with E-state index in [1.54, 1.807) is 13.0 Å². The normalized spacial score (nSPS) is 10.8. The molecule has 0 radical (unpaired) electrons. The average Bonchev–Trinajstić information content (AvgIpc) is 1.99. The van der Waals surface area contributed by atoms with Crippen LogP contribution >= 0.6 is 0 Å². The molecule has 3 nitrogen and oxygen atoms in total. The minimum atomic E-state index is -0.666. The van der Waals surface area contributed by atoms with E-state index in [4.69, 9.17) is 5.11 Å². The molecule has 0 rings (SSSR count). The first kappa shape index (κ1) is 8.91. The van der Waals surface area contributed by atoms with Crippen molar-refractivity contribution in [2.75, 3.05) is 6.61 Å². The number of carbonyl (C=O) groups excluding carboxylic acids is 1. The van der Waals surface area contributed by atoms with Crippen molar-refractivity contribution >= 4 is 5.97 Å². The van der Waals surface area contributed by atoms with Crippen LogP contribution in [0.25, 0.3) is 0 Å². The van der Waals surface area contributed by atoms with Crippen LogP contribution in [0.5, 0.6) is 0 Å². The highest BCUT2D eigenvalue weighted by atomic mass is 16.5. The molecule has 0 spiro atoms. The third-order valence-corrected chi connectivity index (χ3v) is 0.827. The van der Waals surface area contributed by atoms with Crippen molar-refractivity contribution in [2.45, 2.75) is 6.92 Å². The summed E-state index contributed by atoms with van der Waals surface area (Å²) in [6, 6.07) is 0. The van der Waals surface area contributed by atoms with Crippen molar-refractivity contribution in [3.8, 4) is 0 Å². The number of ether oxygens (including phenoxy) is 1. The first-order valence-electron chi connectivity index (χ1n) is 2.80. The van der Waals surface area contributed by atoms with Gasteiger partial charge in [-0.25, -0.2) is 4.79 Å². The van der Waals surface area contributed by atoms with E-state index in [1.807, 2.05) is 0 Å². The van der Waals surface area contributed by atoms with Crippen molar-refractivity contribution in [1.82, 2.24) is 0 Å². The number of carbonyl (C=O) groups is 1. The van der Waals surface area contributed by atoms with E-state index in [0.29, 0.717) is 0 Å². The summed E-state index contributed by atoms with van der Waals surface area (Å²) in [4.78, 5) is 10.3. The van der Waals surface area contributed by atoms with Gasteiger partial charge in [-0.2, -0.15) is 0 Å². The molecule has 0 fully saturated rings. The molecule has 0 aliphatic carbocycles. The molecule has 10 heavy (non-hydrogen) atoms. The fourth-order valence-corrected chi connectivity index (χ4v) is 0.244. The molecule has 0 heterocycles. The predicted octanol–water partition coefficient (Wildman–Crippen LogP) is 0.612. The van der Waals surface area contributed by atoms with Gasteiger partial charge in [-0.1, -0.05) is 12.7 Å². The average molecular weight is 142 g/mol. The Bertz CT molecular complexity index is 158. The minimum Gasteiger partial charge on any atom is -0.433 e. The highest BCUT2D eigenvalue weighted by molar-refractivity contribution is 5.71. The maximum absolute atomic E-state index is 10.3. The molecule has 0 aromatic heterocycles. The van der Waals surface area contributed by atoms with E-state index in [-0.39, 0.29) is 0 Å². The van der Waals surface area contributed by atoms with Gasteiger partial charge in [-0.3, -0.25) is 0 Å². The maximum atomic E-state index is 10.3. The highest BCUT2D eigenvalue weighted by Crippen LogP contribution is 1.92. The second kappa shape index (κ2) is 4.76. The zero-order valence-corrected chi connectivity index (χ0v) is 5.83. The number of esters is 1. The third kappa shape index (κ3) is 3.86. The Morgan fingerprint density at radius 2 is 2.40 bits per heavy atom. The van der Waals surface area contributed by atoms with E-state index >= 15 is 0 Å². The van der Waals surface area contributed by atoms with Gasteiger partial charge in [0.25, 0.3) is 0 Å². The summed E-state index contributed by atoms with van der Waals surface area (Å²) < 4.78 is 4.42. The Balaban J connectivity index is 3.71. The van der Waals surface area contributed by atoms with Crippen molar-refractivity contribution in [3.05, 3.63) is 24.5 Å². The molecule has 0 atom stereocenters. The van der Waals surface area contributed by atoms with Crippen molar-refractivity contribution in [3.63, 3.8) is 0 Å². The van der Waals surface area contributed by atoms with Gasteiger partial charge in [-0.05, 0) is 12.5 Å². The fourth-order valence-electron chi connectivity index (χ4n) is 0.244. The zero-order chi connectivity index (χ0) is 7.98. The minimum absolute atomic E-state index is 0.596. The van der Waals surface area contributed by atoms with Crippen LogP contribution < -0.4 is 0 Å². The summed E-state index contributed by atoms with van der Waals surface area (Å²) in [5.41, 5.74) is 0.738. The smallest absolute Gasteiger partial charge is 0.336 e. The number of aliphatic hydroxyl groups excluding tert-OH is 1. The van der Waals surface area contributed by atoms with Crippen LogP contribution in [-0.4, -0.2) is 17.7 Å². The summed E-state index contributed by atoms with van der Waals surface area (Å²) in [5, 5.41) is 8.19. The molecule has 0 amide bonds. The molecular weight excluding hydrogens is 132 g/mol. The van der Waals surface area contributed by atoms with Gasteiger partial charge >= 0.3 is 5.97 Å². The first-order valence-corrected chi connectivity index (χ1v) is 2.80. The fraction of sp³-hybridized carbons (Fsp3) is 0.286. The quantitative estimate of drug-likeness (QED) is 0.357. The lowest BCUT2D eigenvalue weighted by molar-refractivity contribution is -0.141. The molecule has 0 aromatic rings. The monoisotopic (exact) mass is 142 g/mol. The summed E-state index contributed by atoms with van der Waals surface area (Å²) in [5.74, 6) is -0.666. The van der Waals surface area contributed by atoms with E-state index in [9.17, 15) is 4.79 Å². The Morgan fingerprint density at radius 1 is 1.80 bits per heavy atom. The Hall–Kier alpha value is -1.09. The van der Waals surface area contributed by atoms with Crippen LogP contribution in [-0.2, 0) is 9.53 Å². The van der Waals surface area contributed by atoms with Crippen LogP contribution in [0.4, 0.5) is 0 Å². The lowest BCUT2D eigenvalue weighted by Gasteiger charge is -1.94. The van der Waals surface area contributed by atoms with Crippen LogP contribution in [0.1, 0.15) is 6.92 Å². The summed E-state index contributed by atoms with van der Waals surface area (Å²) in [6.45, 7) is 4.58. The first-order chi connectivity index (χ1) is 4.70. The van der Waals surface area contributed by atoms with Crippen molar-refractivity contribution in [1.29, 1.82) is 0 Å². The van der Waals surface area contributed by atoms with Crippen LogP contribution in [0.2, 0.25) is 0 Å². The topological polar surface area (TPSA) is 46.5 Å². The molecule has 3 heteroatoms. The van der Waals surface area contributed by atoms with Gasteiger partial charge in [-0.15, -0.1) is 0 Å². The number of rotatable bonds is 3. The summed E-state index contributed by atoms with van der Waals surface area (Å²) in [6.07, 6.45) is 2.79. The van der Waals surface area contributed by atoms with Gasteiger partial charge in [0, 0.05) is 0 Å². The largest absolute Gasteiger partial charge is 0.433 e. The van der Waals surface area contributed by atoms with Gasteiger partial charge in [0.1, 0.15) is 6.61 Å². The SMILES string of the molecule is C=CC(C)=COC(=O)CO. The van der Waals surface area contributed by atoms with Crippen molar-refractivity contribution < 1.29 is 14.6 Å². The summed E-state index contributed by atoms with van der Waals surface area (Å²) >= 11 is 0. The molecule has 56 valence electrons. The maximum Gasteiger partial charge on any atom is 0.336 e. The highest BCUT2D eigenvalue weighted by Gasteiger charge is 1.94. The lowest BCUT2D eigenvalue weighted by atomic mass is 10.3. The molecule has 0 aliphatic rings. The van der Waals surface area contributed by atoms with Crippen LogP contribution in [0.3, 0.4) is 0 Å². The molecule has 0 aromatic carbocycles. The van der Waals surface area contributed by atoms with E-state index in [2.05, 4.69) is 11.3 Å². The number of hydrogen-bond donors (Lipinski definition) is 1. The van der Waals surface area contributed by atoms with Crippen LogP contribution in [0, 0.1) is 0 Å².